The number of amides is 1. The molecule has 0 fully saturated rings. The summed E-state index contributed by atoms with van der Waals surface area (Å²) in [7, 11) is 1.62. The summed E-state index contributed by atoms with van der Waals surface area (Å²) in [5.41, 5.74) is 2.53. The maximum Gasteiger partial charge on any atom is 0.253 e. The van der Waals surface area contributed by atoms with Crippen molar-refractivity contribution in [1.82, 2.24) is 10.2 Å². The molecule has 1 heterocycles. The molecule has 6 heteroatoms. The van der Waals surface area contributed by atoms with E-state index in [4.69, 9.17) is 9.47 Å². The van der Waals surface area contributed by atoms with E-state index in [9.17, 15) is 4.79 Å². The number of aromatic amines is 1. The first kappa shape index (κ1) is 16.0. The lowest BCUT2D eigenvalue weighted by molar-refractivity contribution is -0.127. The van der Waals surface area contributed by atoms with Crippen molar-refractivity contribution in [3.63, 3.8) is 0 Å². The van der Waals surface area contributed by atoms with Crippen molar-refractivity contribution in [2.24, 2.45) is 0 Å². The van der Waals surface area contributed by atoms with E-state index in [1.807, 2.05) is 42.5 Å². The van der Waals surface area contributed by atoms with Crippen LogP contribution in [0.4, 0.5) is 5.69 Å². The molecule has 3 aromatic rings. The van der Waals surface area contributed by atoms with Crippen LogP contribution in [0.2, 0.25) is 0 Å². The smallest absolute Gasteiger partial charge is 0.253 e. The first-order valence-electron chi connectivity index (χ1n) is 7.64. The van der Waals surface area contributed by atoms with Crippen molar-refractivity contribution in [2.45, 2.75) is 19.6 Å². The molecule has 124 valence electrons. The van der Waals surface area contributed by atoms with Gasteiger partial charge in [-0.25, -0.2) is 0 Å². The van der Waals surface area contributed by atoms with E-state index in [0.717, 1.165) is 22.2 Å². The van der Waals surface area contributed by atoms with Crippen LogP contribution in [0.15, 0.2) is 48.7 Å². The molecule has 1 aromatic heterocycles. The molecule has 0 aliphatic rings. The average Bonchev–Trinajstić information content (AvgIpc) is 3.07. The van der Waals surface area contributed by atoms with Crippen molar-refractivity contribution in [3.8, 4) is 5.75 Å². The number of carbonyl (C=O) groups excluding carboxylic acids is 1. The summed E-state index contributed by atoms with van der Waals surface area (Å²) in [6, 6.07) is 13.2. The summed E-state index contributed by atoms with van der Waals surface area (Å²) in [5, 5.41) is 10.7. The molecule has 3 rings (SSSR count). The number of anilines is 1. The number of nitrogens with zero attached hydrogens (tertiary/aromatic N) is 1. The van der Waals surface area contributed by atoms with E-state index in [0.29, 0.717) is 12.3 Å². The molecule has 24 heavy (non-hydrogen) atoms. The first-order chi connectivity index (χ1) is 11.7. The molecule has 0 aliphatic heterocycles. The molecule has 0 bridgehead atoms. The molecule has 0 aliphatic carbocycles. The maximum absolute atomic E-state index is 12.2. The number of hydrogen-bond donors (Lipinski definition) is 2. The standard InChI is InChI=1S/C18H19N3O3/c1-12(24-11-13-4-3-5-16(8-13)23-2)18(22)20-15-7-6-14-10-19-21-17(14)9-15/h3-10,12H,11H2,1-2H3,(H,19,21)(H,20,22)/t12-/m1/s1. The van der Waals surface area contributed by atoms with Crippen LogP contribution in [0, 0.1) is 0 Å². The summed E-state index contributed by atoms with van der Waals surface area (Å²) in [6.07, 6.45) is 1.16. The van der Waals surface area contributed by atoms with E-state index in [1.54, 1.807) is 20.2 Å². The van der Waals surface area contributed by atoms with Crippen LogP contribution in [-0.4, -0.2) is 29.3 Å². The van der Waals surface area contributed by atoms with Gasteiger partial charge in [-0.05, 0) is 42.8 Å². The van der Waals surface area contributed by atoms with Gasteiger partial charge >= 0.3 is 0 Å². The van der Waals surface area contributed by atoms with E-state index in [2.05, 4.69) is 15.5 Å². The number of H-pyrrole nitrogens is 1. The SMILES string of the molecule is COc1cccc(CO[C@H](C)C(=O)Nc2ccc3cn[nH]c3c2)c1. The zero-order chi connectivity index (χ0) is 16.9. The predicted octanol–water partition coefficient (Wildman–Crippen LogP) is 3.12. The van der Waals surface area contributed by atoms with Gasteiger partial charge in [-0.15, -0.1) is 0 Å². The molecule has 0 saturated heterocycles. The molecule has 0 spiro atoms. The van der Waals surface area contributed by atoms with Crippen molar-refractivity contribution in [3.05, 3.63) is 54.2 Å². The number of benzene rings is 2. The van der Waals surface area contributed by atoms with E-state index < -0.39 is 6.10 Å². The average molecular weight is 325 g/mol. The first-order valence-corrected chi connectivity index (χ1v) is 7.64. The van der Waals surface area contributed by atoms with E-state index >= 15 is 0 Å². The Morgan fingerprint density at radius 3 is 3.00 bits per heavy atom. The van der Waals surface area contributed by atoms with Gasteiger partial charge in [-0.1, -0.05) is 12.1 Å². The quantitative estimate of drug-likeness (QED) is 0.730. The lowest BCUT2D eigenvalue weighted by Crippen LogP contribution is -2.27. The van der Waals surface area contributed by atoms with Crippen LogP contribution in [0.25, 0.3) is 10.9 Å². The Kier molecular flexibility index (Phi) is 4.77. The predicted molar refractivity (Wildman–Crippen MR) is 92.0 cm³/mol. The highest BCUT2D eigenvalue weighted by Crippen LogP contribution is 2.17. The number of rotatable bonds is 6. The zero-order valence-electron chi connectivity index (χ0n) is 13.6. The van der Waals surface area contributed by atoms with E-state index in [1.165, 1.54) is 0 Å². The van der Waals surface area contributed by atoms with Crippen LogP contribution < -0.4 is 10.1 Å². The molecule has 0 unspecified atom stereocenters. The van der Waals surface area contributed by atoms with Gasteiger partial charge in [0.1, 0.15) is 11.9 Å². The lowest BCUT2D eigenvalue weighted by atomic mass is 10.2. The molecular formula is C18H19N3O3. The Morgan fingerprint density at radius 2 is 2.17 bits per heavy atom. The van der Waals surface area contributed by atoms with Crippen LogP contribution in [0.3, 0.4) is 0 Å². The summed E-state index contributed by atoms with van der Waals surface area (Å²) in [6.45, 7) is 2.07. The van der Waals surface area contributed by atoms with Crippen molar-refractivity contribution in [2.75, 3.05) is 12.4 Å². The molecule has 6 nitrogen and oxygen atoms in total. The van der Waals surface area contributed by atoms with Crippen LogP contribution in [0.5, 0.6) is 5.75 Å². The summed E-state index contributed by atoms with van der Waals surface area (Å²) in [5.74, 6) is 0.567. The normalized spacial score (nSPS) is 12.1. The van der Waals surface area contributed by atoms with Crippen molar-refractivity contribution < 1.29 is 14.3 Å². The number of nitrogens with one attached hydrogen (secondary N) is 2. The molecule has 0 saturated carbocycles. The Bertz CT molecular complexity index is 844. The van der Waals surface area contributed by atoms with Crippen molar-refractivity contribution in [1.29, 1.82) is 0 Å². The summed E-state index contributed by atoms with van der Waals surface area (Å²) >= 11 is 0. The third kappa shape index (κ3) is 3.72. The number of hydrogen-bond acceptors (Lipinski definition) is 4. The van der Waals surface area contributed by atoms with Gasteiger partial charge in [0, 0.05) is 11.1 Å². The molecular weight excluding hydrogens is 306 g/mol. The summed E-state index contributed by atoms with van der Waals surface area (Å²) in [4.78, 5) is 12.2. The molecule has 2 N–H and O–H groups in total. The second-order valence-corrected chi connectivity index (χ2v) is 5.47. The minimum atomic E-state index is -0.575. The number of methoxy groups -OCH3 is 1. The van der Waals surface area contributed by atoms with Gasteiger partial charge in [-0.2, -0.15) is 5.10 Å². The maximum atomic E-state index is 12.2. The van der Waals surface area contributed by atoms with Crippen LogP contribution in [0.1, 0.15) is 12.5 Å². The Morgan fingerprint density at radius 1 is 1.29 bits per heavy atom. The second kappa shape index (κ2) is 7.14. The summed E-state index contributed by atoms with van der Waals surface area (Å²) < 4.78 is 10.8. The molecule has 2 aromatic carbocycles. The molecule has 0 radical (unpaired) electrons. The third-order valence-electron chi connectivity index (χ3n) is 3.71. The Hall–Kier alpha value is -2.86. The fourth-order valence-corrected chi connectivity index (χ4v) is 2.32. The van der Waals surface area contributed by atoms with E-state index in [-0.39, 0.29) is 5.91 Å². The minimum Gasteiger partial charge on any atom is -0.497 e. The highest BCUT2D eigenvalue weighted by molar-refractivity contribution is 5.95. The number of ether oxygens (including phenoxy) is 2. The fourth-order valence-electron chi connectivity index (χ4n) is 2.32. The molecule has 1 amide bonds. The van der Waals surface area contributed by atoms with Gasteiger partial charge in [0.25, 0.3) is 5.91 Å². The second-order valence-electron chi connectivity index (χ2n) is 5.47. The van der Waals surface area contributed by atoms with Gasteiger partial charge in [-0.3, -0.25) is 9.89 Å². The number of carbonyl (C=O) groups is 1. The van der Waals surface area contributed by atoms with Gasteiger partial charge in [0.15, 0.2) is 0 Å². The lowest BCUT2D eigenvalue weighted by Gasteiger charge is -2.14. The zero-order valence-corrected chi connectivity index (χ0v) is 13.6. The Labute approximate surface area is 139 Å². The number of fused-ring (bicyclic) bond motifs is 1. The highest BCUT2D eigenvalue weighted by atomic mass is 16.5. The van der Waals surface area contributed by atoms with Gasteiger partial charge in [0.2, 0.25) is 0 Å². The minimum absolute atomic E-state index is 0.197. The van der Waals surface area contributed by atoms with Gasteiger partial charge in [0.05, 0.1) is 25.4 Å². The van der Waals surface area contributed by atoms with Crippen LogP contribution in [-0.2, 0) is 16.1 Å². The third-order valence-corrected chi connectivity index (χ3v) is 3.71. The largest absolute Gasteiger partial charge is 0.497 e. The highest BCUT2D eigenvalue weighted by Gasteiger charge is 2.14. The van der Waals surface area contributed by atoms with Crippen LogP contribution >= 0.6 is 0 Å². The topological polar surface area (TPSA) is 76.2 Å². The van der Waals surface area contributed by atoms with Crippen molar-refractivity contribution >= 4 is 22.5 Å². The fraction of sp³-hybridized carbons (Fsp3) is 0.222. The Balaban J connectivity index is 1.57. The van der Waals surface area contributed by atoms with Gasteiger partial charge < -0.3 is 14.8 Å². The number of aromatic nitrogens is 2. The molecule has 1 atom stereocenters. The monoisotopic (exact) mass is 325 g/mol.